The molecule has 4 N–H and O–H groups in total. The van der Waals surface area contributed by atoms with E-state index in [-0.39, 0.29) is 11.3 Å². The molecule has 11 nitrogen and oxygen atoms in total. The van der Waals surface area contributed by atoms with E-state index in [1.165, 1.54) is 51.2 Å². The van der Waals surface area contributed by atoms with E-state index in [1.54, 1.807) is 0 Å². The van der Waals surface area contributed by atoms with Crippen molar-refractivity contribution in [2.75, 3.05) is 38.7 Å². The summed E-state index contributed by atoms with van der Waals surface area (Å²) in [6.45, 7) is 4.63. The Balaban J connectivity index is 0.000000466. The van der Waals surface area contributed by atoms with Gasteiger partial charge < -0.3 is 30.0 Å². The van der Waals surface area contributed by atoms with Crippen molar-refractivity contribution >= 4 is 17.9 Å². The molecule has 190 valence electrons. The Morgan fingerprint density at radius 1 is 1.17 bits per heavy atom. The first-order valence-corrected chi connectivity index (χ1v) is 11.3. The number of H-pyrrole nitrogens is 1. The third kappa shape index (κ3) is 11.2. The molecule has 0 amide bonds. The average molecular weight is 489 g/mol. The number of hydrogen-bond acceptors (Lipinski definition) is 8. The minimum absolute atomic E-state index is 0.202. The van der Waals surface area contributed by atoms with Gasteiger partial charge in [0.2, 0.25) is 11.7 Å². The molecule has 1 saturated heterocycles. The summed E-state index contributed by atoms with van der Waals surface area (Å²) in [5.74, 6) is -0.974. The number of aromatic nitrogens is 2. The van der Waals surface area contributed by atoms with Crippen molar-refractivity contribution in [2.24, 2.45) is 0 Å². The lowest BCUT2D eigenvalue weighted by Crippen LogP contribution is -2.29. The molecule has 0 atom stereocenters. The molecule has 0 radical (unpaired) electrons. The van der Waals surface area contributed by atoms with Gasteiger partial charge in [0.25, 0.3) is 0 Å². The number of anilines is 1. The van der Waals surface area contributed by atoms with Crippen molar-refractivity contribution in [3.8, 4) is 11.5 Å². The second-order valence-corrected chi connectivity index (χ2v) is 7.75. The monoisotopic (exact) mass is 488 g/mol. The molecule has 0 unspecified atom stereocenters. The van der Waals surface area contributed by atoms with E-state index in [0.717, 1.165) is 18.7 Å². The molecule has 1 aliphatic rings. The van der Waals surface area contributed by atoms with Crippen LogP contribution >= 0.6 is 0 Å². The van der Waals surface area contributed by atoms with Crippen LogP contribution in [0.2, 0.25) is 0 Å². The molecule has 0 bridgehead atoms. The van der Waals surface area contributed by atoms with Gasteiger partial charge in [0.05, 0.1) is 19.9 Å². The van der Waals surface area contributed by atoms with Crippen molar-refractivity contribution in [1.82, 2.24) is 14.9 Å². The number of nitrogens with one attached hydrogen (secondary N) is 2. The van der Waals surface area contributed by atoms with Crippen molar-refractivity contribution in [2.45, 2.75) is 32.2 Å². The number of benzene rings is 1. The largest absolute Gasteiger partial charge is 0.494 e. The third-order valence-electron chi connectivity index (χ3n) is 4.99. The highest BCUT2D eigenvalue weighted by atomic mass is 16.5. The van der Waals surface area contributed by atoms with E-state index in [2.05, 4.69) is 38.4 Å². The number of aliphatic carboxylic acids is 2. The van der Waals surface area contributed by atoms with E-state index in [0.29, 0.717) is 31.3 Å². The molecule has 0 aliphatic carbocycles. The zero-order valence-corrected chi connectivity index (χ0v) is 19.7. The van der Waals surface area contributed by atoms with Crippen LogP contribution in [-0.4, -0.2) is 70.4 Å². The highest BCUT2D eigenvalue weighted by Gasteiger charge is 2.10. The molecule has 1 aromatic carbocycles. The van der Waals surface area contributed by atoms with Crippen LogP contribution in [0.3, 0.4) is 0 Å². The van der Waals surface area contributed by atoms with E-state index in [1.807, 2.05) is 6.07 Å². The average Bonchev–Trinajstić information content (AvgIpc) is 2.84. The van der Waals surface area contributed by atoms with Crippen LogP contribution in [0.25, 0.3) is 0 Å². The number of hydrogen-bond donors (Lipinski definition) is 4. The number of rotatable bonds is 11. The summed E-state index contributed by atoms with van der Waals surface area (Å²) in [4.78, 5) is 40.0. The first kappa shape index (κ1) is 27.4. The molecule has 0 saturated carbocycles. The molecule has 2 aromatic rings. The first-order valence-electron chi connectivity index (χ1n) is 11.3. The van der Waals surface area contributed by atoms with Gasteiger partial charge >= 0.3 is 17.5 Å². The molecule has 1 aromatic heterocycles. The molecule has 2 heterocycles. The van der Waals surface area contributed by atoms with E-state index in [4.69, 9.17) is 19.7 Å². The van der Waals surface area contributed by atoms with Gasteiger partial charge in [-0.25, -0.2) is 9.59 Å². The van der Waals surface area contributed by atoms with Crippen molar-refractivity contribution in [3.63, 3.8) is 0 Å². The molecular formula is C24H32N4O7. The van der Waals surface area contributed by atoms with Gasteiger partial charge in [-0.3, -0.25) is 9.69 Å². The molecule has 3 rings (SSSR count). The lowest BCUT2D eigenvalue weighted by Gasteiger charge is -2.26. The second-order valence-electron chi connectivity index (χ2n) is 7.75. The molecule has 11 heteroatoms. The maximum absolute atomic E-state index is 11.6. The highest BCUT2D eigenvalue weighted by molar-refractivity contribution is 5.89. The van der Waals surface area contributed by atoms with Gasteiger partial charge in [0, 0.05) is 25.2 Å². The Kier molecular flexibility index (Phi) is 11.8. The minimum Gasteiger partial charge on any atom is -0.494 e. The smallest absolute Gasteiger partial charge is 0.328 e. The predicted octanol–water partition coefficient (Wildman–Crippen LogP) is 2.36. The SMILES string of the molecule is COc1c[nH]c(NCCCOc2cccc(CN3CCCCC3)c2)nc1=O.O=C(O)/C=C\C(=O)O. The van der Waals surface area contributed by atoms with Gasteiger partial charge in [-0.1, -0.05) is 18.6 Å². The summed E-state index contributed by atoms with van der Waals surface area (Å²) < 4.78 is 10.8. The summed E-state index contributed by atoms with van der Waals surface area (Å²) in [6, 6.07) is 8.34. The van der Waals surface area contributed by atoms with E-state index >= 15 is 0 Å². The summed E-state index contributed by atoms with van der Waals surface area (Å²) in [5, 5.41) is 18.7. The Hall–Kier alpha value is -3.86. The van der Waals surface area contributed by atoms with Crippen molar-refractivity contribution in [3.05, 3.63) is 58.5 Å². The Labute approximate surface area is 203 Å². The van der Waals surface area contributed by atoms with Gasteiger partial charge in [-0.15, -0.1) is 0 Å². The van der Waals surface area contributed by atoms with Crippen LogP contribution in [0.4, 0.5) is 5.95 Å². The fourth-order valence-electron chi connectivity index (χ4n) is 3.34. The van der Waals surface area contributed by atoms with Crippen LogP contribution in [0, 0.1) is 0 Å². The number of piperidine rings is 1. The number of ether oxygens (including phenoxy) is 2. The summed E-state index contributed by atoms with van der Waals surface area (Å²) in [5.41, 5.74) is 0.910. The topological polar surface area (TPSA) is 154 Å². The van der Waals surface area contributed by atoms with Gasteiger partial charge in [0.1, 0.15) is 5.75 Å². The van der Waals surface area contributed by atoms with Crippen LogP contribution in [0.15, 0.2) is 47.4 Å². The number of nitrogens with zero attached hydrogens (tertiary/aromatic N) is 2. The Morgan fingerprint density at radius 3 is 2.51 bits per heavy atom. The molecule has 0 spiro atoms. The lowest BCUT2D eigenvalue weighted by atomic mass is 10.1. The predicted molar refractivity (Wildman–Crippen MR) is 130 cm³/mol. The Bertz CT molecular complexity index is 1020. The summed E-state index contributed by atoms with van der Waals surface area (Å²) in [6.07, 6.45) is 7.38. The number of likely N-dealkylation sites (tertiary alicyclic amines) is 1. The second kappa shape index (κ2) is 15.1. The van der Waals surface area contributed by atoms with Crippen molar-refractivity contribution < 1.29 is 29.3 Å². The Morgan fingerprint density at radius 2 is 1.89 bits per heavy atom. The standard InChI is InChI=1S/C20H28N4O3.C4H4O4/c1-26-18-14-22-20(23-19(18)25)21-9-6-12-27-17-8-5-7-16(13-17)15-24-10-3-2-4-11-24;5-3(6)1-2-4(7)8/h5,7-8,13-14H,2-4,6,9-12,15H2,1H3,(H2,21,22,23,25);1-2H,(H,5,6)(H,7,8)/b;2-1-. The van der Waals surface area contributed by atoms with Gasteiger partial charge in [-0.05, 0) is 50.0 Å². The normalized spacial score (nSPS) is 13.5. The summed E-state index contributed by atoms with van der Waals surface area (Å²) >= 11 is 0. The van der Waals surface area contributed by atoms with Crippen LogP contribution in [0.5, 0.6) is 11.5 Å². The maximum Gasteiger partial charge on any atom is 0.328 e. The number of methoxy groups -OCH3 is 1. The fraction of sp³-hybridized carbons (Fsp3) is 0.417. The highest BCUT2D eigenvalue weighted by Crippen LogP contribution is 2.17. The molecule has 1 fully saturated rings. The quantitative estimate of drug-likeness (QED) is 0.274. The minimum atomic E-state index is -1.26. The summed E-state index contributed by atoms with van der Waals surface area (Å²) in [7, 11) is 1.44. The van der Waals surface area contributed by atoms with Crippen LogP contribution in [0.1, 0.15) is 31.2 Å². The zero-order chi connectivity index (χ0) is 25.5. The molecular weight excluding hydrogens is 456 g/mol. The van der Waals surface area contributed by atoms with E-state index < -0.39 is 11.9 Å². The number of carboxylic acid groups (broad SMARTS) is 2. The van der Waals surface area contributed by atoms with Gasteiger partial charge in [0.15, 0.2) is 0 Å². The van der Waals surface area contributed by atoms with Crippen LogP contribution < -0.4 is 20.3 Å². The van der Waals surface area contributed by atoms with E-state index in [9.17, 15) is 14.4 Å². The molecule has 1 aliphatic heterocycles. The first-order chi connectivity index (χ1) is 16.9. The van der Waals surface area contributed by atoms with Crippen molar-refractivity contribution in [1.29, 1.82) is 0 Å². The zero-order valence-electron chi connectivity index (χ0n) is 19.7. The molecule has 35 heavy (non-hydrogen) atoms. The maximum atomic E-state index is 11.6. The van der Waals surface area contributed by atoms with Crippen LogP contribution in [-0.2, 0) is 16.1 Å². The fourth-order valence-corrected chi connectivity index (χ4v) is 3.34. The number of carboxylic acids is 2. The third-order valence-corrected chi connectivity index (χ3v) is 4.99. The number of carbonyl (C=O) groups is 2. The lowest BCUT2D eigenvalue weighted by molar-refractivity contribution is -0.134. The van der Waals surface area contributed by atoms with Gasteiger partial charge in [-0.2, -0.15) is 4.98 Å². The number of aromatic amines is 1.